The number of aromatic nitrogens is 6. The number of carbonyl (C=O) groups excluding carboxylic acids is 1. The van der Waals surface area contributed by atoms with E-state index in [0.29, 0.717) is 53.9 Å². The minimum Gasteiger partial charge on any atom is -0.493 e. The SMILES string of the molecule is Cc1cc(-c2ncc[nH]2)nn1Cc1cc(Cl)ccc1OCC(C)C.Cc1cc(C=O)nn1Cc1cc(Cl)ccc1OCC(C)C. The molecular weight excluding hydrogens is 611 g/mol. The van der Waals surface area contributed by atoms with Crippen LogP contribution >= 0.6 is 23.2 Å². The van der Waals surface area contributed by atoms with Crippen molar-refractivity contribution in [2.75, 3.05) is 13.2 Å². The summed E-state index contributed by atoms with van der Waals surface area (Å²) in [5.74, 6) is 3.32. The molecule has 0 aliphatic carbocycles. The zero-order valence-electron chi connectivity index (χ0n) is 26.6. The lowest BCUT2D eigenvalue weighted by molar-refractivity contribution is 0.111. The van der Waals surface area contributed by atoms with E-state index in [4.69, 9.17) is 32.7 Å². The van der Waals surface area contributed by atoms with Crippen molar-refractivity contribution in [1.29, 1.82) is 0 Å². The van der Waals surface area contributed by atoms with E-state index in [2.05, 4.69) is 47.9 Å². The van der Waals surface area contributed by atoms with Crippen molar-refractivity contribution in [2.24, 2.45) is 11.8 Å². The summed E-state index contributed by atoms with van der Waals surface area (Å²) in [6.07, 6.45) is 4.26. The molecule has 0 aliphatic rings. The number of hydrogen-bond acceptors (Lipinski definition) is 6. The Morgan fingerprint density at radius 1 is 0.800 bits per heavy atom. The number of nitrogens with one attached hydrogen (secondary N) is 1. The van der Waals surface area contributed by atoms with Crippen LogP contribution in [-0.4, -0.2) is 49.0 Å². The normalized spacial score (nSPS) is 11.1. The van der Waals surface area contributed by atoms with E-state index in [9.17, 15) is 4.79 Å². The lowest BCUT2D eigenvalue weighted by Gasteiger charge is -2.14. The molecule has 3 aromatic heterocycles. The van der Waals surface area contributed by atoms with Crippen molar-refractivity contribution in [3.05, 3.63) is 99.2 Å². The molecule has 0 aliphatic heterocycles. The maximum Gasteiger partial charge on any atom is 0.170 e. The molecule has 0 atom stereocenters. The van der Waals surface area contributed by atoms with Crippen LogP contribution in [0.4, 0.5) is 0 Å². The Kier molecular flexibility index (Phi) is 11.8. The summed E-state index contributed by atoms with van der Waals surface area (Å²) in [5.41, 5.74) is 5.19. The monoisotopic (exact) mass is 650 g/mol. The highest BCUT2D eigenvalue weighted by molar-refractivity contribution is 6.31. The van der Waals surface area contributed by atoms with Gasteiger partial charge in [-0.05, 0) is 74.2 Å². The molecule has 5 aromatic rings. The van der Waals surface area contributed by atoms with Gasteiger partial charge >= 0.3 is 0 Å². The van der Waals surface area contributed by atoms with Crippen LogP contribution in [0.2, 0.25) is 10.0 Å². The molecule has 45 heavy (non-hydrogen) atoms. The first-order valence-corrected chi connectivity index (χ1v) is 15.6. The van der Waals surface area contributed by atoms with Crippen molar-refractivity contribution >= 4 is 29.5 Å². The van der Waals surface area contributed by atoms with Gasteiger partial charge in [0.15, 0.2) is 12.1 Å². The van der Waals surface area contributed by atoms with Crippen molar-refractivity contribution in [3.8, 4) is 23.0 Å². The van der Waals surface area contributed by atoms with Gasteiger partial charge in [-0.3, -0.25) is 14.2 Å². The van der Waals surface area contributed by atoms with E-state index in [0.717, 1.165) is 51.8 Å². The Hall–Kier alpha value is -4.08. The first kappa shape index (κ1) is 33.8. The van der Waals surface area contributed by atoms with Crippen LogP contribution in [0.25, 0.3) is 11.5 Å². The molecular formula is C34H40Cl2N6O3. The van der Waals surface area contributed by atoms with Gasteiger partial charge in [0.2, 0.25) is 0 Å². The molecule has 0 amide bonds. The average Bonchev–Trinajstić information content (AvgIpc) is 3.73. The fourth-order valence-electron chi connectivity index (χ4n) is 4.40. The molecule has 5 rings (SSSR count). The van der Waals surface area contributed by atoms with E-state index in [1.54, 1.807) is 23.1 Å². The van der Waals surface area contributed by atoms with Gasteiger partial charge < -0.3 is 14.5 Å². The molecule has 0 bridgehead atoms. The van der Waals surface area contributed by atoms with Crippen LogP contribution in [0.5, 0.6) is 11.5 Å². The van der Waals surface area contributed by atoms with Crippen LogP contribution in [0, 0.1) is 25.7 Å². The number of hydrogen-bond donors (Lipinski definition) is 1. The van der Waals surface area contributed by atoms with Gasteiger partial charge in [-0.15, -0.1) is 0 Å². The van der Waals surface area contributed by atoms with Gasteiger partial charge in [-0.25, -0.2) is 4.98 Å². The van der Waals surface area contributed by atoms with Crippen molar-refractivity contribution in [3.63, 3.8) is 0 Å². The number of nitrogens with zero attached hydrogens (tertiary/aromatic N) is 5. The minimum atomic E-state index is 0.430. The lowest BCUT2D eigenvalue weighted by Crippen LogP contribution is -2.09. The molecule has 9 nitrogen and oxygen atoms in total. The number of rotatable bonds is 12. The van der Waals surface area contributed by atoms with Crippen LogP contribution in [0.3, 0.4) is 0 Å². The fraction of sp³-hybridized carbons (Fsp3) is 0.353. The molecule has 3 heterocycles. The molecule has 11 heteroatoms. The number of halogens is 2. The van der Waals surface area contributed by atoms with Crippen molar-refractivity contribution in [1.82, 2.24) is 29.5 Å². The van der Waals surface area contributed by atoms with Gasteiger partial charge in [-0.2, -0.15) is 10.2 Å². The summed E-state index contributed by atoms with van der Waals surface area (Å²) < 4.78 is 15.5. The van der Waals surface area contributed by atoms with E-state index < -0.39 is 0 Å². The maximum absolute atomic E-state index is 10.8. The summed E-state index contributed by atoms with van der Waals surface area (Å²) in [4.78, 5) is 18.1. The second-order valence-corrected chi connectivity index (χ2v) is 12.5. The number of carbonyl (C=O) groups is 1. The molecule has 0 spiro atoms. The highest BCUT2D eigenvalue weighted by Gasteiger charge is 2.13. The first-order valence-electron chi connectivity index (χ1n) is 14.9. The summed E-state index contributed by atoms with van der Waals surface area (Å²) in [6, 6.07) is 15.0. The van der Waals surface area contributed by atoms with Gasteiger partial charge in [0.05, 0.1) is 26.3 Å². The van der Waals surface area contributed by atoms with E-state index in [1.165, 1.54) is 0 Å². The molecule has 0 unspecified atom stereocenters. The highest BCUT2D eigenvalue weighted by Crippen LogP contribution is 2.26. The predicted molar refractivity (Wildman–Crippen MR) is 179 cm³/mol. The Morgan fingerprint density at radius 3 is 1.80 bits per heavy atom. The highest BCUT2D eigenvalue weighted by atomic mass is 35.5. The molecule has 0 fully saturated rings. The first-order chi connectivity index (χ1) is 21.5. The topological polar surface area (TPSA) is 99.9 Å². The van der Waals surface area contributed by atoms with Crippen LogP contribution in [0.15, 0.2) is 60.9 Å². The quantitative estimate of drug-likeness (QED) is 0.137. The largest absolute Gasteiger partial charge is 0.493 e. The van der Waals surface area contributed by atoms with Gasteiger partial charge in [-0.1, -0.05) is 50.9 Å². The smallest absolute Gasteiger partial charge is 0.170 e. The number of aldehydes is 1. The van der Waals surface area contributed by atoms with E-state index in [1.807, 2.05) is 61.0 Å². The third kappa shape index (κ3) is 9.70. The summed E-state index contributed by atoms with van der Waals surface area (Å²) in [7, 11) is 0. The minimum absolute atomic E-state index is 0.430. The second kappa shape index (κ2) is 15.8. The molecule has 0 radical (unpaired) electrons. The standard InChI is InChI=1S/C18H21ClN4O.C16H19ClN2O2/c1-12(2)11-24-17-5-4-15(19)9-14(17)10-23-13(3)8-16(22-23)18-20-6-7-21-18;1-11(2)10-21-16-5-4-14(17)7-13(16)8-19-12(3)6-15(9-20)18-19/h4-9,12H,10-11H2,1-3H3,(H,20,21);4-7,9,11H,8,10H2,1-3H3. The van der Waals surface area contributed by atoms with E-state index in [-0.39, 0.29) is 0 Å². The Morgan fingerprint density at radius 2 is 1.33 bits per heavy atom. The summed E-state index contributed by atoms with van der Waals surface area (Å²) in [5, 5.41) is 10.2. The number of aryl methyl sites for hydroxylation is 2. The molecule has 238 valence electrons. The van der Waals surface area contributed by atoms with Crippen LogP contribution in [-0.2, 0) is 13.1 Å². The maximum atomic E-state index is 10.8. The van der Waals surface area contributed by atoms with Crippen molar-refractivity contribution in [2.45, 2.75) is 54.6 Å². The molecule has 0 saturated carbocycles. The second-order valence-electron chi connectivity index (χ2n) is 11.7. The summed E-state index contributed by atoms with van der Waals surface area (Å²) in [6.45, 7) is 14.8. The van der Waals surface area contributed by atoms with Gasteiger partial charge in [0.1, 0.15) is 22.9 Å². The fourth-order valence-corrected chi connectivity index (χ4v) is 4.79. The van der Waals surface area contributed by atoms with Gasteiger partial charge in [0.25, 0.3) is 0 Å². The average molecular weight is 652 g/mol. The number of H-pyrrole nitrogens is 1. The van der Waals surface area contributed by atoms with E-state index >= 15 is 0 Å². The molecule has 0 saturated heterocycles. The Balaban J connectivity index is 0.000000207. The zero-order valence-corrected chi connectivity index (χ0v) is 28.1. The number of benzene rings is 2. The summed E-state index contributed by atoms with van der Waals surface area (Å²) >= 11 is 12.2. The third-order valence-electron chi connectivity index (χ3n) is 6.67. The Labute approximate surface area is 274 Å². The van der Waals surface area contributed by atoms with Crippen LogP contribution < -0.4 is 9.47 Å². The lowest BCUT2D eigenvalue weighted by atomic mass is 10.2. The number of ether oxygens (including phenoxy) is 2. The van der Waals surface area contributed by atoms with Crippen LogP contribution in [0.1, 0.15) is 60.7 Å². The number of imidazole rings is 1. The molecule has 1 N–H and O–H groups in total. The van der Waals surface area contributed by atoms with Gasteiger partial charge in [0, 0.05) is 45.0 Å². The number of aromatic amines is 1. The predicted octanol–water partition coefficient (Wildman–Crippen LogP) is 8.06. The zero-order chi connectivity index (χ0) is 32.5. The van der Waals surface area contributed by atoms with Crippen molar-refractivity contribution < 1.29 is 14.3 Å². The Bertz CT molecular complexity index is 1690. The molecule has 2 aromatic carbocycles. The third-order valence-corrected chi connectivity index (χ3v) is 7.14.